The molecular weight excluding hydrogens is 216 g/mol. The highest BCUT2D eigenvalue weighted by atomic mass is 16.6. The number of rotatable bonds is 2. The van der Waals surface area contributed by atoms with E-state index in [1.807, 2.05) is 12.2 Å². The molecule has 0 unspecified atom stereocenters. The van der Waals surface area contributed by atoms with Gasteiger partial charge in [-0.15, -0.1) is 0 Å². The van der Waals surface area contributed by atoms with Crippen LogP contribution in [0.5, 0.6) is 0 Å². The van der Waals surface area contributed by atoms with Crippen LogP contribution in [0.15, 0.2) is 23.3 Å². The minimum atomic E-state index is -0.443. The maximum atomic E-state index is 11.7. The molecule has 3 nitrogen and oxygen atoms in total. The van der Waals surface area contributed by atoms with Gasteiger partial charge in [0.2, 0.25) is 0 Å². The molecule has 0 aromatic heterocycles. The van der Waals surface area contributed by atoms with E-state index >= 15 is 0 Å². The summed E-state index contributed by atoms with van der Waals surface area (Å²) in [7, 11) is 0. The normalized spacial score (nSPS) is 20.2. The van der Waals surface area contributed by atoms with Crippen molar-refractivity contribution in [3.8, 4) is 0 Å². The summed E-state index contributed by atoms with van der Waals surface area (Å²) in [6, 6.07) is 0. The molecule has 0 N–H and O–H groups in total. The first-order chi connectivity index (χ1) is 8.27. The van der Waals surface area contributed by atoms with Crippen LogP contribution in [-0.4, -0.2) is 11.9 Å². The van der Waals surface area contributed by atoms with Gasteiger partial charge >= 0.3 is 11.9 Å². The maximum Gasteiger partial charge on any atom is 0.341 e. The fraction of sp³-hybridized carbons (Fsp3) is 0.571. The average molecular weight is 234 g/mol. The fourth-order valence-corrected chi connectivity index (χ4v) is 2.26. The Balaban J connectivity index is 1.91. The van der Waals surface area contributed by atoms with Gasteiger partial charge < -0.3 is 4.74 Å². The molecule has 0 heterocycles. The van der Waals surface area contributed by atoms with Crippen LogP contribution in [0.2, 0.25) is 0 Å². The van der Waals surface area contributed by atoms with Crippen LogP contribution in [0.1, 0.15) is 51.4 Å². The fourth-order valence-electron chi connectivity index (χ4n) is 2.26. The second-order valence-corrected chi connectivity index (χ2v) is 4.63. The van der Waals surface area contributed by atoms with Crippen molar-refractivity contribution in [3.63, 3.8) is 0 Å². The van der Waals surface area contributed by atoms with Crippen molar-refractivity contribution in [2.75, 3.05) is 0 Å². The summed E-state index contributed by atoms with van der Waals surface area (Å²) in [6.45, 7) is 0. The lowest BCUT2D eigenvalue weighted by molar-refractivity contribution is -0.154. The van der Waals surface area contributed by atoms with Crippen molar-refractivity contribution >= 4 is 11.9 Å². The molecule has 0 saturated carbocycles. The highest BCUT2D eigenvalue weighted by Gasteiger charge is 2.20. The van der Waals surface area contributed by atoms with Gasteiger partial charge in [0.25, 0.3) is 0 Å². The minimum absolute atomic E-state index is 0.443. The van der Waals surface area contributed by atoms with Crippen molar-refractivity contribution in [1.82, 2.24) is 0 Å². The van der Waals surface area contributed by atoms with E-state index in [1.54, 1.807) is 0 Å². The van der Waals surface area contributed by atoms with Gasteiger partial charge in [0.05, 0.1) is 0 Å². The average Bonchev–Trinajstić information content (AvgIpc) is 2.40. The van der Waals surface area contributed by atoms with Gasteiger partial charge in [0, 0.05) is 11.1 Å². The summed E-state index contributed by atoms with van der Waals surface area (Å²) in [5.41, 5.74) is 1.34. The van der Waals surface area contributed by atoms with E-state index in [4.69, 9.17) is 4.74 Å². The Morgan fingerprint density at radius 3 is 1.65 bits per heavy atom. The van der Waals surface area contributed by atoms with Crippen LogP contribution in [-0.2, 0) is 14.3 Å². The summed E-state index contributed by atoms with van der Waals surface area (Å²) >= 11 is 0. The SMILES string of the molecule is O=C(OC(=O)C1=CCCCC1)C1=CCCCC1. The third-order valence-electron chi connectivity index (χ3n) is 3.29. The van der Waals surface area contributed by atoms with Crippen molar-refractivity contribution in [2.24, 2.45) is 0 Å². The standard InChI is InChI=1S/C14H18O3/c15-13(11-7-3-1-4-8-11)17-14(16)12-9-5-2-6-10-12/h7,9H,1-6,8,10H2. The number of hydrogen-bond acceptors (Lipinski definition) is 3. The van der Waals surface area contributed by atoms with Gasteiger partial charge in [-0.25, -0.2) is 9.59 Å². The van der Waals surface area contributed by atoms with Crippen LogP contribution >= 0.6 is 0 Å². The molecule has 0 spiro atoms. The van der Waals surface area contributed by atoms with Crippen LogP contribution in [0.25, 0.3) is 0 Å². The first kappa shape index (κ1) is 12.1. The van der Waals surface area contributed by atoms with E-state index < -0.39 is 11.9 Å². The Morgan fingerprint density at radius 2 is 1.29 bits per heavy atom. The number of carbonyl (C=O) groups is 2. The number of hydrogen-bond donors (Lipinski definition) is 0. The lowest BCUT2D eigenvalue weighted by Gasteiger charge is -2.13. The monoisotopic (exact) mass is 234 g/mol. The highest BCUT2D eigenvalue weighted by Crippen LogP contribution is 2.21. The zero-order chi connectivity index (χ0) is 12.1. The van der Waals surface area contributed by atoms with E-state index in [9.17, 15) is 9.59 Å². The molecular formula is C14H18O3. The second kappa shape index (κ2) is 5.80. The van der Waals surface area contributed by atoms with Crippen LogP contribution < -0.4 is 0 Å². The van der Waals surface area contributed by atoms with E-state index in [1.165, 1.54) is 0 Å². The number of esters is 2. The molecule has 2 aliphatic rings. The Kier molecular flexibility index (Phi) is 4.13. The maximum absolute atomic E-state index is 11.7. The summed E-state index contributed by atoms with van der Waals surface area (Å²) in [5, 5.41) is 0. The molecule has 17 heavy (non-hydrogen) atoms. The van der Waals surface area contributed by atoms with Crippen molar-refractivity contribution in [3.05, 3.63) is 23.3 Å². The van der Waals surface area contributed by atoms with Crippen LogP contribution in [0.3, 0.4) is 0 Å². The van der Waals surface area contributed by atoms with Gasteiger partial charge in [0.15, 0.2) is 0 Å². The number of carbonyl (C=O) groups excluding carboxylic acids is 2. The molecule has 0 atom stereocenters. The molecule has 0 bridgehead atoms. The lowest BCUT2D eigenvalue weighted by Crippen LogP contribution is -2.18. The largest absolute Gasteiger partial charge is 0.386 e. The van der Waals surface area contributed by atoms with E-state index in [0.717, 1.165) is 51.4 Å². The molecule has 2 rings (SSSR count). The van der Waals surface area contributed by atoms with Gasteiger partial charge in [-0.3, -0.25) is 0 Å². The predicted octanol–water partition coefficient (Wildman–Crippen LogP) is 3.06. The summed E-state index contributed by atoms with van der Waals surface area (Å²) < 4.78 is 4.91. The third-order valence-corrected chi connectivity index (χ3v) is 3.29. The van der Waals surface area contributed by atoms with Crippen molar-refractivity contribution < 1.29 is 14.3 Å². The Labute approximate surface area is 102 Å². The second-order valence-electron chi connectivity index (χ2n) is 4.63. The predicted molar refractivity (Wildman–Crippen MR) is 64.2 cm³/mol. The van der Waals surface area contributed by atoms with E-state index in [2.05, 4.69) is 0 Å². The summed E-state index contributed by atoms with van der Waals surface area (Å²) in [4.78, 5) is 23.4. The summed E-state index contributed by atoms with van der Waals surface area (Å²) in [6.07, 6.45) is 11.4. The Morgan fingerprint density at radius 1 is 0.824 bits per heavy atom. The first-order valence-corrected chi connectivity index (χ1v) is 6.42. The molecule has 0 aromatic rings. The van der Waals surface area contributed by atoms with Gasteiger partial charge in [-0.05, 0) is 51.4 Å². The smallest absolute Gasteiger partial charge is 0.341 e. The van der Waals surface area contributed by atoms with Gasteiger partial charge in [-0.1, -0.05) is 12.2 Å². The first-order valence-electron chi connectivity index (χ1n) is 6.42. The molecule has 0 radical (unpaired) electrons. The highest BCUT2D eigenvalue weighted by molar-refractivity contribution is 6.01. The number of allylic oxidation sites excluding steroid dienone is 2. The Hall–Kier alpha value is -1.38. The molecule has 0 aliphatic heterocycles. The zero-order valence-corrected chi connectivity index (χ0v) is 10.0. The summed E-state index contributed by atoms with van der Waals surface area (Å²) in [5.74, 6) is -0.887. The van der Waals surface area contributed by atoms with Crippen LogP contribution in [0.4, 0.5) is 0 Å². The molecule has 92 valence electrons. The quantitative estimate of drug-likeness (QED) is 0.544. The van der Waals surface area contributed by atoms with E-state index in [0.29, 0.717) is 11.1 Å². The molecule has 3 heteroatoms. The topological polar surface area (TPSA) is 43.4 Å². The third kappa shape index (κ3) is 3.29. The van der Waals surface area contributed by atoms with E-state index in [-0.39, 0.29) is 0 Å². The Bertz CT molecular complexity index is 341. The van der Waals surface area contributed by atoms with Crippen molar-refractivity contribution in [2.45, 2.75) is 51.4 Å². The molecule has 0 aromatic carbocycles. The molecule has 0 fully saturated rings. The van der Waals surface area contributed by atoms with Gasteiger partial charge in [0.1, 0.15) is 0 Å². The van der Waals surface area contributed by atoms with Crippen LogP contribution in [0, 0.1) is 0 Å². The molecule has 2 aliphatic carbocycles. The molecule has 0 amide bonds. The minimum Gasteiger partial charge on any atom is -0.386 e. The van der Waals surface area contributed by atoms with Crippen molar-refractivity contribution in [1.29, 1.82) is 0 Å². The lowest BCUT2D eigenvalue weighted by atomic mass is 9.99. The molecule has 0 saturated heterocycles. The number of ether oxygens (including phenoxy) is 1. The van der Waals surface area contributed by atoms with Gasteiger partial charge in [-0.2, -0.15) is 0 Å². The zero-order valence-electron chi connectivity index (χ0n) is 10.0.